The van der Waals surface area contributed by atoms with Crippen LogP contribution in [0.25, 0.3) is 33.6 Å². The van der Waals surface area contributed by atoms with E-state index in [0.717, 1.165) is 44.3 Å². The van der Waals surface area contributed by atoms with Crippen LogP contribution in [0, 0.1) is 13.8 Å². The van der Waals surface area contributed by atoms with Gasteiger partial charge in [0.25, 0.3) is 5.56 Å². The first-order valence-corrected chi connectivity index (χ1v) is 12.3. The van der Waals surface area contributed by atoms with E-state index in [4.69, 9.17) is 0 Å². The molecular formula is C27H22N6OS. The molecule has 0 fully saturated rings. The lowest BCUT2D eigenvalue weighted by molar-refractivity contribution is 0.879. The minimum Gasteiger partial charge on any atom is -0.360 e. The summed E-state index contributed by atoms with van der Waals surface area (Å²) in [5.74, 6) is 1.26. The lowest BCUT2D eigenvalue weighted by atomic mass is 10.1. The lowest BCUT2D eigenvalue weighted by Gasteiger charge is -2.12. The number of fused-ring (bicyclic) bond motifs is 2. The van der Waals surface area contributed by atoms with Crippen molar-refractivity contribution in [3.8, 4) is 17.1 Å². The highest BCUT2D eigenvalue weighted by Gasteiger charge is 2.20. The minimum atomic E-state index is -0.0887. The Morgan fingerprint density at radius 2 is 1.80 bits per heavy atom. The van der Waals surface area contributed by atoms with Crippen molar-refractivity contribution in [3.63, 3.8) is 0 Å². The van der Waals surface area contributed by atoms with Crippen LogP contribution in [0.5, 0.6) is 0 Å². The summed E-state index contributed by atoms with van der Waals surface area (Å²) in [4.78, 5) is 20.7. The van der Waals surface area contributed by atoms with Gasteiger partial charge in [0, 0.05) is 40.7 Å². The van der Waals surface area contributed by atoms with Crippen molar-refractivity contribution < 1.29 is 0 Å². The molecule has 8 heteroatoms. The number of aryl methyl sites for hydroxylation is 2. The SMILES string of the molecule is Cc1ccc2nc(CSc3nnc(-c4c[nH]c5ccccc45)n3-c3ccccc3C)cc(=O)n2c1. The summed E-state index contributed by atoms with van der Waals surface area (Å²) < 4.78 is 3.67. The van der Waals surface area contributed by atoms with Gasteiger partial charge in [0.15, 0.2) is 11.0 Å². The van der Waals surface area contributed by atoms with E-state index in [2.05, 4.69) is 49.9 Å². The number of H-pyrrole nitrogens is 1. The Hall–Kier alpha value is -4.17. The smallest absolute Gasteiger partial charge is 0.258 e. The molecule has 0 saturated carbocycles. The number of aromatic amines is 1. The fourth-order valence-electron chi connectivity index (χ4n) is 4.30. The van der Waals surface area contributed by atoms with Gasteiger partial charge in [0.2, 0.25) is 0 Å². The first-order chi connectivity index (χ1) is 17.1. The summed E-state index contributed by atoms with van der Waals surface area (Å²) >= 11 is 1.52. The van der Waals surface area contributed by atoms with Crippen LogP contribution in [0.3, 0.4) is 0 Å². The molecule has 0 aliphatic heterocycles. The molecule has 172 valence electrons. The Kier molecular flexibility index (Phi) is 5.22. The average Bonchev–Trinajstić information content (AvgIpc) is 3.47. The fraction of sp³-hybridized carbons (Fsp3) is 0.111. The largest absolute Gasteiger partial charge is 0.360 e. The second-order valence-electron chi connectivity index (χ2n) is 8.49. The van der Waals surface area contributed by atoms with Gasteiger partial charge < -0.3 is 4.98 Å². The van der Waals surface area contributed by atoms with Crippen molar-refractivity contribution in [2.45, 2.75) is 24.8 Å². The lowest BCUT2D eigenvalue weighted by Crippen LogP contribution is -2.15. The molecule has 1 N–H and O–H groups in total. The molecule has 0 unspecified atom stereocenters. The minimum absolute atomic E-state index is 0.0887. The van der Waals surface area contributed by atoms with E-state index in [1.165, 1.54) is 11.8 Å². The van der Waals surface area contributed by atoms with Gasteiger partial charge in [-0.1, -0.05) is 54.2 Å². The number of rotatable bonds is 5. The van der Waals surface area contributed by atoms with Gasteiger partial charge in [-0.15, -0.1) is 10.2 Å². The highest BCUT2D eigenvalue weighted by Crippen LogP contribution is 2.34. The molecule has 0 amide bonds. The van der Waals surface area contributed by atoms with Crippen LogP contribution in [-0.4, -0.2) is 29.1 Å². The molecular weight excluding hydrogens is 456 g/mol. The Morgan fingerprint density at radius 1 is 0.971 bits per heavy atom. The molecule has 7 nitrogen and oxygen atoms in total. The molecule has 6 aromatic rings. The third-order valence-electron chi connectivity index (χ3n) is 6.03. The molecule has 4 aromatic heterocycles. The standard InChI is InChI=1S/C27H22N6OS/c1-17-11-12-24-29-19(13-25(34)32(24)15-17)16-35-27-31-30-26(33(27)23-10-6-3-7-18(23)2)21-14-28-22-9-5-4-8-20(21)22/h3-15,28H,16H2,1-2H3. The molecule has 0 atom stereocenters. The van der Waals surface area contributed by atoms with E-state index in [-0.39, 0.29) is 5.56 Å². The second-order valence-corrected chi connectivity index (χ2v) is 9.43. The normalized spacial score (nSPS) is 11.5. The van der Waals surface area contributed by atoms with Crippen molar-refractivity contribution in [2.24, 2.45) is 0 Å². The summed E-state index contributed by atoms with van der Waals surface area (Å²) in [7, 11) is 0. The Balaban J connectivity index is 1.43. The Labute approximate surface area is 205 Å². The molecule has 35 heavy (non-hydrogen) atoms. The number of para-hydroxylation sites is 2. The van der Waals surface area contributed by atoms with Crippen LogP contribution in [0.15, 0.2) is 89.1 Å². The van der Waals surface area contributed by atoms with Crippen LogP contribution in [0.2, 0.25) is 0 Å². The van der Waals surface area contributed by atoms with E-state index in [0.29, 0.717) is 17.1 Å². The van der Waals surface area contributed by atoms with Gasteiger partial charge in [0.05, 0.1) is 11.4 Å². The summed E-state index contributed by atoms with van der Waals surface area (Å²) in [5, 5.41) is 11.0. The number of aromatic nitrogens is 6. The maximum Gasteiger partial charge on any atom is 0.258 e. The monoisotopic (exact) mass is 478 g/mol. The first kappa shape index (κ1) is 21.4. The zero-order valence-electron chi connectivity index (χ0n) is 19.3. The van der Waals surface area contributed by atoms with Crippen molar-refractivity contribution in [1.82, 2.24) is 29.1 Å². The quantitative estimate of drug-likeness (QED) is 0.339. The maximum absolute atomic E-state index is 12.7. The highest BCUT2D eigenvalue weighted by molar-refractivity contribution is 7.98. The summed E-state index contributed by atoms with van der Waals surface area (Å²) in [6.07, 6.45) is 3.79. The molecule has 2 aromatic carbocycles. The first-order valence-electron chi connectivity index (χ1n) is 11.3. The molecule has 6 rings (SSSR count). The summed E-state index contributed by atoms with van der Waals surface area (Å²) in [6, 6.07) is 21.8. The fourth-order valence-corrected chi connectivity index (χ4v) is 5.13. The third-order valence-corrected chi connectivity index (χ3v) is 6.99. The van der Waals surface area contributed by atoms with Gasteiger partial charge >= 0.3 is 0 Å². The van der Waals surface area contributed by atoms with Crippen molar-refractivity contribution in [2.75, 3.05) is 0 Å². The van der Waals surface area contributed by atoms with E-state index in [9.17, 15) is 4.79 Å². The van der Waals surface area contributed by atoms with Crippen molar-refractivity contribution >= 4 is 28.3 Å². The molecule has 0 aliphatic rings. The predicted octanol–water partition coefficient (Wildman–Crippen LogP) is 5.33. The average molecular weight is 479 g/mol. The van der Waals surface area contributed by atoms with Crippen LogP contribution < -0.4 is 5.56 Å². The number of benzene rings is 2. The van der Waals surface area contributed by atoms with Gasteiger partial charge in [-0.2, -0.15) is 0 Å². The predicted molar refractivity (Wildman–Crippen MR) is 139 cm³/mol. The van der Waals surface area contributed by atoms with E-state index in [1.807, 2.05) is 61.8 Å². The zero-order chi connectivity index (χ0) is 23.9. The van der Waals surface area contributed by atoms with Gasteiger partial charge in [-0.05, 0) is 43.2 Å². The Morgan fingerprint density at radius 3 is 2.69 bits per heavy atom. The number of nitrogens with zero attached hydrogens (tertiary/aromatic N) is 5. The maximum atomic E-state index is 12.7. The van der Waals surface area contributed by atoms with Gasteiger partial charge in [0.1, 0.15) is 5.65 Å². The van der Waals surface area contributed by atoms with E-state index < -0.39 is 0 Å². The number of pyridine rings is 1. The zero-order valence-corrected chi connectivity index (χ0v) is 20.1. The van der Waals surface area contributed by atoms with Crippen LogP contribution in [0.4, 0.5) is 0 Å². The molecule has 0 aliphatic carbocycles. The molecule has 0 bridgehead atoms. The second kappa shape index (κ2) is 8.56. The van der Waals surface area contributed by atoms with Crippen molar-refractivity contribution in [3.05, 3.63) is 106 Å². The number of hydrogen-bond acceptors (Lipinski definition) is 5. The molecule has 0 spiro atoms. The van der Waals surface area contributed by atoms with E-state index in [1.54, 1.807) is 10.5 Å². The van der Waals surface area contributed by atoms with Gasteiger partial charge in [-0.25, -0.2) is 4.98 Å². The molecule has 0 radical (unpaired) electrons. The van der Waals surface area contributed by atoms with Crippen LogP contribution >= 0.6 is 11.8 Å². The summed E-state index contributed by atoms with van der Waals surface area (Å²) in [6.45, 7) is 4.04. The van der Waals surface area contributed by atoms with Gasteiger partial charge in [-0.3, -0.25) is 13.8 Å². The Bertz CT molecular complexity index is 1760. The number of thioether (sulfide) groups is 1. The highest BCUT2D eigenvalue weighted by atomic mass is 32.2. The molecule has 4 heterocycles. The molecule has 0 saturated heterocycles. The van der Waals surface area contributed by atoms with Crippen LogP contribution in [-0.2, 0) is 5.75 Å². The number of nitrogens with one attached hydrogen (secondary N) is 1. The van der Waals surface area contributed by atoms with Crippen LogP contribution in [0.1, 0.15) is 16.8 Å². The summed E-state index contributed by atoms with van der Waals surface area (Å²) in [5.41, 5.74) is 6.44. The number of hydrogen-bond donors (Lipinski definition) is 1. The topological polar surface area (TPSA) is 80.9 Å². The van der Waals surface area contributed by atoms with E-state index >= 15 is 0 Å². The van der Waals surface area contributed by atoms with Crippen molar-refractivity contribution in [1.29, 1.82) is 0 Å². The third kappa shape index (κ3) is 3.81.